The SMILES string of the molecule is CCOP(=O)(CC(C(=O)CC(C)C)C(C)C)OCC. The molecule has 4 nitrogen and oxygen atoms in total. The lowest BCUT2D eigenvalue weighted by Gasteiger charge is -2.25. The first-order chi connectivity index (χ1) is 8.75. The standard InChI is InChI=1S/C14H29O4P/c1-7-17-19(16,18-8-2)10-13(12(5)6)14(15)9-11(3)4/h11-13H,7-10H2,1-6H3. The average Bonchev–Trinajstić information content (AvgIpc) is 2.25. The molecule has 0 saturated carbocycles. The Kier molecular flexibility index (Phi) is 8.80. The van der Waals surface area contributed by atoms with E-state index in [1.54, 1.807) is 13.8 Å². The van der Waals surface area contributed by atoms with Crippen LogP contribution in [0.2, 0.25) is 0 Å². The fourth-order valence-electron chi connectivity index (χ4n) is 2.02. The summed E-state index contributed by atoms with van der Waals surface area (Å²) in [7, 11) is -3.15. The molecule has 0 aromatic rings. The summed E-state index contributed by atoms with van der Waals surface area (Å²) >= 11 is 0. The first kappa shape index (κ1) is 18.8. The van der Waals surface area contributed by atoms with Crippen LogP contribution in [0.1, 0.15) is 48.0 Å². The predicted molar refractivity (Wildman–Crippen MR) is 78.5 cm³/mol. The molecule has 0 aliphatic carbocycles. The number of Topliss-reactive ketones (excluding diaryl/α,β-unsaturated/α-hetero) is 1. The van der Waals surface area contributed by atoms with Crippen molar-refractivity contribution in [3.05, 3.63) is 0 Å². The van der Waals surface area contributed by atoms with Crippen molar-refractivity contribution < 1.29 is 18.4 Å². The number of hydrogen-bond acceptors (Lipinski definition) is 4. The normalized spacial score (nSPS) is 14.1. The van der Waals surface area contributed by atoms with E-state index in [1.807, 2.05) is 27.7 Å². The predicted octanol–water partition coefficient (Wildman–Crippen LogP) is 4.14. The summed E-state index contributed by atoms with van der Waals surface area (Å²) in [5, 5.41) is 0. The van der Waals surface area contributed by atoms with Crippen molar-refractivity contribution in [3.63, 3.8) is 0 Å². The molecule has 0 N–H and O–H groups in total. The molecular weight excluding hydrogens is 263 g/mol. The van der Waals surface area contributed by atoms with Gasteiger partial charge in [0, 0.05) is 12.3 Å². The van der Waals surface area contributed by atoms with Crippen LogP contribution in [0.25, 0.3) is 0 Å². The zero-order chi connectivity index (χ0) is 15.1. The van der Waals surface area contributed by atoms with E-state index in [0.29, 0.717) is 25.6 Å². The van der Waals surface area contributed by atoms with Gasteiger partial charge in [-0.05, 0) is 25.7 Å². The molecule has 0 saturated heterocycles. The van der Waals surface area contributed by atoms with Crippen LogP contribution < -0.4 is 0 Å². The summed E-state index contributed by atoms with van der Waals surface area (Å²) in [6.45, 7) is 12.2. The monoisotopic (exact) mass is 292 g/mol. The van der Waals surface area contributed by atoms with Gasteiger partial charge in [-0.25, -0.2) is 0 Å². The van der Waals surface area contributed by atoms with Crippen molar-refractivity contribution in [2.24, 2.45) is 17.8 Å². The molecule has 0 aromatic carbocycles. The minimum Gasteiger partial charge on any atom is -0.309 e. The van der Waals surface area contributed by atoms with E-state index in [2.05, 4.69) is 0 Å². The molecule has 0 rings (SSSR count). The lowest BCUT2D eigenvalue weighted by atomic mass is 9.89. The molecule has 0 heterocycles. The second kappa shape index (κ2) is 8.89. The molecule has 19 heavy (non-hydrogen) atoms. The Morgan fingerprint density at radius 3 is 1.84 bits per heavy atom. The summed E-state index contributed by atoms with van der Waals surface area (Å²) in [6.07, 6.45) is 0.707. The zero-order valence-corrected chi connectivity index (χ0v) is 14.0. The molecule has 5 heteroatoms. The van der Waals surface area contributed by atoms with Gasteiger partial charge in [0.1, 0.15) is 5.78 Å². The maximum atomic E-state index is 12.5. The molecular formula is C14H29O4P. The fraction of sp³-hybridized carbons (Fsp3) is 0.929. The smallest absolute Gasteiger partial charge is 0.309 e. The second-order valence-electron chi connectivity index (χ2n) is 5.54. The summed E-state index contributed by atoms with van der Waals surface area (Å²) in [5.41, 5.74) is 0. The number of rotatable bonds is 10. The molecule has 0 spiro atoms. The second-order valence-corrected chi connectivity index (χ2v) is 7.65. The highest BCUT2D eigenvalue weighted by atomic mass is 31.2. The lowest BCUT2D eigenvalue weighted by Crippen LogP contribution is -2.26. The van der Waals surface area contributed by atoms with Crippen molar-refractivity contribution in [3.8, 4) is 0 Å². The molecule has 1 atom stereocenters. The number of hydrogen-bond donors (Lipinski definition) is 0. The minimum absolute atomic E-state index is 0.139. The third-order valence-electron chi connectivity index (χ3n) is 2.90. The molecule has 0 aliphatic heterocycles. The van der Waals surface area contributed by atoms with E-state index in [0.717, 1.165) is 0 Å². The van der Waals surface area contributed by atoms with Gasteiger partial charge in [0.05, 0.1) is 19.4 Å². The highest BCUT2D eigenvalue weighted by Gasteiger charge is 2.34. The number of carbonyl (C=O) groups is 1. The molecule has 0 aliphatic rings. The van der Waals surface area contributed by atoms with Gasteiger partial charge in [0.15, 0.2) is 0 Å². The maximum Gasteiger partial charge on any atom is 0.331 e. The largest absolute Gasteiger partial charge is 0.331 e. The Balaban J connectivity index is 4.89. The van der Waals surface area contributed by atoms with E-state index in [9.17, 15) is 9.36 Å². The Morgan fingerprint density at radius 2 is 1.53 bits per heavy atom. The van der Waals surface area contributed by atoms with Gasteiger partial charge >= 0.3 is 7.60 Å². The topological polar surface area (TPSA) is 52.6 Å². The van der Waals surface area contributed by atoms with Crippen LogP contribution in [-0.4, -0.2) is 25.2 Å². The summed E-state index contributed by atoms with van der Waals surface area (Å²) in [6, 6.07) is 0. The van der Waals surface area contributed by atoms with Crippen molar-refractivity contribution >= 4 is 13.4 Å². The van der Waals surface area contributed by atoms with E-state index >= 15 is 0 Å². The Hall–Kier alpha value is -0.180. The van der Waals surface area contributed by atoms with Crippen LogP contribution in [-0.2, 0) is 18.4 Å². The molecule has 0 bridgehead atoms. The van der Waals surface area contributed by atoms with Gasteiger partial charge in [0.25, 0.3) is 0 Å². The summed E-state index contributed by atoms with van der Waals surface area (Å²) in [5.74, 6) is 0.351. The van der Waals surface area contributed by atoms with Crippen molar-refractivity contribution in [2.45, 2.75) is 48.0 Å². The maximum absolute atomic E-state index is 12.5. The fourth-order valence-corrected chi connectivity index (χ4v) is 4.19. The van der Waals surface area contributed by atoms with Crippen LogP contribution in [0, 0.1) is 17.8 Å². The van der Waals surface area contributed by atoms with Crippen molar-refractivity contribution in [1.82, 2.24) is 0 Å². The van der Waals surface area contributed by atoms with Crippen LogP contribution in [0.3, 0.4) is 0 Å². The van der Waals surface area contributed by atoms with Crippen molar-refractivity contribution in [2.75, 3.05) is 19.4 Å². The van der Waals surface area contributed by atoms with E-state index in [1.165, 1.54) is 0 Å². The van der Waals surface area contributed by atoms with Crippen LogP contribution in [0.15, 0.2) is 0 Å². The number of ketones is 1. The van der Waals surface area contributed by atoms with Gasteiger partial charge in [-0.15, -0.1) is 0 Å². The molecule has 1 unspecified atom stereocenters. The third kappa shape index (κ3) is 7.24. The average molecular weight is 292 g/mol. The van der Waals surface area contributed by atoms with Gasteiger partial charge < -0.3 is 9.05 Å². The first-order valence-corrected chi connectivity index (χ1v) is 8.89. The summed E-state index contributed by atoms with van der Waals surface area (Å²) < 4.78 is 23.1. The van der Waals surface area contributed by atoms with E-state index in [4.69, 9.17) is 9.05 Å². The summed E-state index contributed by atoms with van der Waals surface area (Å²) in [4.78, 5) is 12.2. The van der Waals surface area contributed by atoms with Crippen LogP contribution >= 0.6 is 7.60 Å². The van der Waals surface area contributed by atoms with Crippen LogP contribution in [0.4, 0.5) is 0 Å². The lowest BCUT2D eigenvalue weighted by molar-refractivity contribution is -0.124. The third-order valence-corrected chi connectivity index (χ3v) is 5.04. The highest BCUT2D eigenvalue weighted by Crippen LogP contribution is 2.50. The molecule has 0 fully saturated rings. The minimum atomic E-state index is -3.15. The first-order valence-electron chi connectivity index (χ1n) is 7.16. The zero-order valence-electron chi connectivity index (χ0n) is 13.1. The van der Waals surface area contributed by atoms with Crippen molar-refractivity contribution in [1.29, 1.82) is 0 Å². The van der Waals surface area contributed by atoms with Crippen LogP contribution in [0.5, 0.6) is 0 Å². The molecule has 0 aromatic heterocycles. The number of carbonyl (C=O) groups excluding carboxylic acids is 1. The van der Waals surface area contributed by atoms with E-state index < -0.39 is 7.60 Å². The van der Waals surface area contributed by atoms with Gasteiger partial charge in [-0.1, -0.05) is 27.7 Å². The molecule has 0 radical (unpaired) electrons. The van der Waals surface area contributed by atoms with Gasteiger partial charge in [0.2, 0.25) is 0 Å². The van der Waals surface area contributed by atoms with Gasteiger partial charge in [-0.2, -0.15) is 0 Å². The molecule has 114 valence electrons. The Labute approximate surface area is 117 Å². The Morgan fingerprint density at radius 1 is 1.05 bits per heavy atom. The van der Waals surface area contributed by atoms with E-state index in [-0.39, 0.29) is 23.8 Å². The Bertz CT molecular complexity index is 303. The quantitative estimate of drug-likeness (QED) is 0.568. The van der Waals surface area contributed by atoms with Gasteiger partial charge in [-0.3, -0.25) is 9.36 Å². The molecule has 0 amide bonds. The highest BCUT2D eigenvalue weighted by molar-refractivity contribution is 7.53.